The predicted molar refractivity (Wildman–Crippen MR) is 112 cm³/mol. The van der Waals surface area contributed by atoms with Crippen molar-refractivity contribution in [2.24, 2.45) is 0 Å². The summed E-state index contributed by atoms with van der Waals surface area (Å²) in [6.07, 6.45) is -4.67. The molecule has 3 aromatic rings. The number of hydrogen-bond acceptors (Lipinski definition) is 6. The molecule has 1 aromatic heterocycles. The molecule has 0 radical (unpaired) electrons. The molecule has 0 unspecified atom stereocenters. The Bertz CT molecular complexity index is 1220. The van der Waals surface area contributed by atoms with Crippen molar-refractivity contribution in [3.05, 3.63) is 71.1 Å². The fourth-order valence-corrected chi connectivity index (χ4v) is 3.79. The Morgan fingerprint density at radius 2 is 1.82 bits per heavy atom. The standard InChI is InChI=1S/C21H20F3N3O5S/c1-13-19(14(2)32-27-13)11-31-17-5-3-4-15(10-17)20(28)26-16-6-8-18(9-7-16)33(29,30)25-12-21(22,23)24/h3-10,25H,11-12H2,1-2H3,(H,26,28). The van der Waals surface area contributed by atoms with Crippen LogP contribution in [0.1, 0.15) is 27.4 Å². The minimum Gasteiger partial charge on any atom is -0.489 e. The first kappa shape index (κ1) is 24.3. The minimum atomic E-state index is -4.67. The van der Waals surface area contributed by atoms with E-state index in [0.29, 0.717) is 17.2 Å². The number of hydrogen-bond donors (Lipinski definition) is 2. The van der Waals surface area contributed by atoms with E-state index in [4.69, 9.17) is 9.26 Å². The van der Waals surface area contributed by atoms with Crippen LogP contribution in [0.5, 0.6) is 5.75 Å². The molecule has 0 saturated heterocycles. The number of anilines is 1. The predicted octanol–water partition coefficient (Wildman–Crippen LogP) is 3.96. The van der Waals surface area contributed by atoms with Gasteiger partial charge in [-0.25, -0.2) is 13.1 Å². The van der Waals surface area contributed by atoms with E-state index < -0.39 is 28.7 Å². The van der Waals surface area contributed by atoms with Gasteiger partial charge in [0.25, 0.3) is 5.91 Å². The molecule has 33 heavy (non-hydrogen) atoms. The minimum absolute atomic E-state index is 0.213. The topological polar surface area (TPSA) is 111 Å². The van der Waals surface area contributed by atoms with Gasteiger partial charge in [0.05, 0.1) is 16.2 Å². The molecule has 1 heterocycles. The highest BCUT2D eigenvalue weighted by molar-refractivity contribution is 7.89. The number of carbonyl (C=O) groups excluding carboxylic acids is 1. The van der Waals surface area contributed by atoms with Crippen molar-refractivity contribution in [3.63, 3.8) is 0 Å². The second-order valence-corrected chi connectivity index (χ2v) is 8.80. The zero-order chi connectivity index (χ0) is 24.2. The summed E-state index contributed by atoms with van der Waals surface area (Å²) in [7, 11) is -4.34. The van der Waals surface area contributed by atoms with Crippen LogP contribution in [-0.4, -0.2) is 32.2 Å². The van der Waals surface area contributed by atoms with Gasteiger partial charge in [0.15, 0.2) is 0 Å². The Balaban J connectivity index is 1.64. The third-order valence-corrected chi connectivity index (χ3v) is 5.96. The van der Waals surface area contributed by atoms with E-state index in [1.54, 1.807) is 32.0 Å². The number of aryl methyl sites for hydroxylation is 2. The van der Waals surface area contributed by atoms with Crippen LogP contribution in [0.3, 0.4) is 0 Å². The number of sulfonamides is 1. The Labute approximate surface area is 187 Å². The third-order valence-electron chi connectivity index (χ3n) is 4.55. The maximum absolute atomic E-state index is 12.6. The second-order valence-electron chi connectivity index (χ2n) is 7.04. The van der Waals surface area contributed by atoms with E-state index in [-0.39, 0.29) is 22.8 Å². The summed E-state index contributed by atoms with van der Waals surface area (Å²) in [5, 5.41) is 6.45. The molecule has 2 aromatic carbocycles. The van der Waals surface area contributed by atoms with Crippen LogP contribution < -0.4 is 14.8 Å². The summed E-state index contributed by atoms with van der Waals surface area (Å²) in [6, 6.07) is 11.2. The van der Waals surface area contributed by atoms with Gasteiger partial charge >= 0.3 is 6.18 Å². The van der Waals surface area contributed by atoms with Crippen molar-refractivity contribution in [3.8, 4) is 5.75 Å². The number of alkyl halides is 3. The molecule has 2 N–H and O–H groups in total. The lowest BCUT2D eigenvalue weighted by Crippen LogP contribution is -2.33. The van der Waals surface area contributed by atoms with Gasteiger partial charge in [-0.05, 0) is 56.3 Å². The molecule has 12 heteroatoms. The molecule has 0 bridgehead atoms. The highest BCUT2D eigenvalue weighted by Gasteiger charge is 2.30. The molecule has 1 amide bonds. The SMILES string of the molecule is Cc1noc(C)c1COc1cccc(C(=O)Nc2ccc(S(=O)(=O)NCC(F)(F)F)cc2)c1. The quantitative estimate of drug-likeness (QED) is 0.502. The highest BCUT2D eigenvalue weighted by atomic mass is 32.2. The van der Waals surface area contributed by atoms with E-state index in [2.05, 4.69) is 10.5 Å². The molecule has 0 aliphatic heterocycles. The molecule has 0 fully saturated rings. The number of aromatic nitrogens is 1. The molecule has 0 aliphatic carbocycles. The lowest BCUT2D eigenvalue weighted by Gasteiger charge is -2.11. The van der Waals surface area contributed by atoms with Gasteiger partial charge in [0.2, 0.25) is 10.0 Å². The maximum atomic E-state index is 12.6. The number of amides is 1. The first-order chi connectivity index (χ1) is 15.4. The normalized spacial score (nSPS) is 11.9. The van der Waals surface area contributed by atoms with Crippen LogP contribution >= 0.6 is 0 Å². The summed E-state index contributed by atoms with van der Waals surface area (Å²) < 4.78 is 72.9. The Morgan fingerprint density at radius 1 is 1.12 bits per heavy atom. The summed E-state index contributed by atoms with van der Waals surface area (Å²) >= 11 is 0. The van der Waals surface area contributed by atoms with Gasteiger partial charge in [0.1, 0.15) is 24.7 Å². The Morgan fingerprint density at radius 3 is 2.42 bits per heavy atom. The highest BCUT2D eigenvalue weighted by Crippen LogP contribution is 2.21. The lowest BCUT2D eigenvalue weighted by molar-refractivity contribution is -0.121. The van der Waals surface area contributed by atoms with E-state index in [0.717, 1.165) is 17.7 Å². The summed E-state index contributed by atoms with van der Waals surface area (Å²) in [4.78, 5) is 12.2. The monoisotopic (exact) mass is 483 g/mol. The number of carbonyl (C=O) groups is 1. The third kappa shape index (κ3) is 6.56. The first-order valence-electron chi connectivity index (χ1n) is 9.57. The van der Waals surface area contributed by atoms with Crippen LogP contribution in [0.15, 0.2) is 57.9 Å². The second kappa shape index (κ2) is 9.63. The number of nitrogens with one attached hydrogen (secondary N) is 2. The van der Waals surface area contributed by atoms with Crippen LogP contribution in [0.25, 0.3) is 0 Å². The smallest absolute Gasteiger partial charge is 0.402 e. The molecule has 0 aliphatic rings. The van der Waals surface area contributed by atoms with Crippen molar-refractivity contribution in [1.29, 1.82) is 0 Å². The van der Waals surface area contributed by atoms with Gasteiger partial charge < -0.3 is 14.6 Å². The number of benzene rings is 2. The average molecular weight is 483 g/mol. The molecular formula is C21H20F3N3O5S. The molecule has 0 spiro atoms. The Hall–Kier alpha value is -3.38. The van der Waals surface area contributed by atoms with Crippen LogP contribution in [0.2, 0.25) is 0 Å². The van der Waals surface area contributed by atoms with Crippen molar-refractivity contribution in [2.75, 3.05) is 11.9 Å². The van der Waals surface area contributed by atoms with Crippen LogP contribution in [0, 0.1) is 13.8 Å². The molecule has 3 rings (SSSR count). The molecule has 176 valence electrons. The zero-order valence-electron chi connectivity index (χ0n) is 17.6. The summed E-state index contributed by atoms with van der Waals surface area (Å²) in [5.41, 5.74) is 2.07. The largest absolute Gasteiger partial charge is 0.489 e. The number of ether oxygens (including phenoxy) is 1. The zero-order valence-corrected chi connectivity index (χ0v) is 18.4. The first-order valence-corrected chi connectivity index (χ1v) is 11.1. The van der Waals surface area contributed by atoms with Crippen molar-refractivity contribution < 1.29 is 35.6 Å². The summed E-state index contributed by atoms with van der Waals surface area (Å²) in [5.74, 6) is 0.601. The van der Waals surface area contributed by atoms with Gasteiger partial charge in [0, 0.05) is 11.3 Å². The van der Waals surface area contributed by atoms with Gasteiger partial charge in [-0.1, -0.05) is 11.2 Å². The van der Waals surface area contributed by atoms with E-state index in [1.807, 2.05) is 0 Å². The van der Waals surface area contributed by atoms with Gasteiger partial charge in [-0.3, -0.25) is 4.79 Å². The molecular weight excluding hydrogens is 463 g/mol. The summed E-state index contributed by atoms with van der Waals surface area (Å²) in [6.45, 7) is 2.10. The van der Waals surface area contributed by atoms with Crippen LogP contribution in [-0.2, 0) is 16.6 Å². The van der Waals surface area contributed by atoms with Gasteiger partial charge in [-0.2, -0.15) is 13.2 Å². The van der Waals surface area contributed by atoms with Crippen LogP contribution in [0.4, 0.5) is 18.9 Å². The van der Waals surface area contributed by atoms with Crippen molar-refractivity contribution in [2.45, 2.75) is 31.5 Å². The van der Waals surface area contributed by atoms with E-state index in [1.165, 1.54) is 22.9 Å². The van der Waals surface area contributed by atoms with Gasteiger partial charge in [-0.15, -0.1) is 0 Å². The Kier molecular flexibility index (Phi) is 7.08. The van der Waals surface area contributed by atoms with Crippen molar-refractivity contribution >= 4 is 21.6 Å². The number of halogens is 3. The maximum Gasteiger partial charge on any atom is 0.402 e. The fourth-order valence-electron chi connectivity index (χ4n) is 2.77. The average Bonchev–Trinajstić information content (AvgIpc) is 3.08. The number of rotatable bonds is 8. The van der Waals surface area contributed by atoms with E-state index >= 15 is 0 Å². The molecule has 8 nitrogen and oxygen atoms in total. The van der Waals surface area contributed by atoms with E-state index in [9.17, 15) is 26.4 Å². The lowest BCUT2D eigenvalue weighted by atomic mass is 10.2. The molecule has 0 atom stereocenters. The molecule has 0 saturated carbocycles. The number of nitrogens with zero attached hydrogens (tertiary/aromatic N) is 1. The fraction of sp³-hybridized carbons (Fsp3) is 0.238. The van der Waals surface area contributed by atoms with Crippen molar-refractivity contribution in [1.82, 2.24) is 9.88 Å².